The zero-order chi connectivity index (χ0) is 10.6. The van der Waals surface area contributed by atoms with Crippen LogP contribution in [0.2, 0.25) is 0 Å². The zero-order valence-corrected chi connectivity index (χ0v) is 9.58. The fraction of sp³-hybridized carbons (Fsp3) is 0.917. The molecular weight excluding hydrogens is 176 g/mol. The summed E-state index contributed by atoms with van der Waals surface area (Å²) in [6.07, 6.45) is 6.03. The number of ether oxygens (including phenoxy) is 1. The van der Waals surface area contributed by atoms with Crippen LogP contribution in [0.3, 0.4) is 0 Å². The molecule has 0 aromatic carbocycles. The van der Waals surface area contributed by atoms with Crippen LogP contribution in [0, 0.1) is 11.8 Å². The molecule has 0 N–H and O–H groups in total. The molecule has 2 nitrogen and oxygen atoms in total. The lowest BCUT2D eigenvalue weighted by Crippen LogP contribution is -2.35. The van der Waals surface area contributed by atoms with Crippen molar-refractivity contribution in [2.45, 2.75) is 52.1 Å². The van der Waals surface area contributed by atoms with Crippen LogP contribution in [0.5, 0.6) is 0 Å². The van der Waals surface area contributed by atoms with Gasteiger partial charge in [-0.2, -0.15) is 0 Å². The maximum atomic E-state index is 11.8. The van der Waals surface area contributed by atoms with Crippen LogP contribution < -0.4 is 0 Å². The molecule has 0 heterocycles. The predicted octanol–water partition coefficient (Wildman–Crippen LogP) is 2.81. The lowest BCUT2D eigenvalue weighted by atomic mass is 9.82. The van der Waals surface area contributed by atoms with E-state index in [4.69, 9.17) is 4.74 Å². The van der Waals surface area contributed by atoms with E-state index in [1.54, 1.807) is 7.11 Å². The van der Waals surface area contributed by atoms with E-state index in [-0.39, 0.29) is 17.8 Å². The predicted molar refractivity (Wildman–Crippen MR) is 57.2 cm³/mol. The Hall–Kier alpha value is -0.370. The van der Waals surface area contributed by atoms with E-state index in [9.17, 15) is 4.79 Å². The van der Waals surface area contributed by atoms with Crippen LogP contribution in [0.15, 0.2) is 0 Å². The van der Waals surface area contributed by atoms with Crippen molar-refractivity contribution in [1.82, 2.24) is 0 Å². The summed E-state index contributed by atoms with van der Waals surface area (Å²) in [5, 5.41) is 0. The van der Waals surface area contributed by atoms with Crippen molar-refractivity contribution in [2.75, 3.05) is 7.11 Å². The molecule has 0 aromatic heterocycles. The quantitative estimate of drug-likeness (QED) is 0.694. The Morgan fingerprint density at radius 1 is 1.21 bits per heavy atom. The summed E-state index contributed by atoms with van der Waals surface area (Å²) in [6, 6.07) is 0. The van der Waals surface area contributed by atoms with Crippen molar-refractivity contribution in [2.24, 2.45) is 11.8 Å². The highest BCUT2D eigenvalue weighted by atomic mass is 16.5. The van der Waals surface area contributed by atoms with Crippen LogP contribution in [0.25, 0.3) is 0 Å². The average Bonchev–Trinajstić information content (AvgIpc) is 2.20. The summed E-state index contributed by atoms with van der Waals surface area (Å²) >= 11 is 0. The van der Waals surface area contributed by atoms with Crippen molar-refractivity contribution in [3.8, 4) is 0 Å². The molecule has 1 fully saturated rings. The van der Waals surface area contributed by atoms with Crippen LogP contribution in [0.1, 0.15) is 46.0 Å². The number of hydrogen-bond donors (Lipinski definition) is 0. The molecule has 0 amide bonds. The van der Waals surface area contributed by atoms with E-state index in [2.05, 4.69) is 0 Å². The molecule has 14 heavy (non-hydrogen) atoms. The number of ketones is 1. The van der Waals surface area contributed by atoms with E-state index >= 15 is 0 Å². The van der Waals surface area contributed by atoms with Gasteiger partial charge in [-0.3, -0.25) is 4.79 Å². The molecule has 1 unspecified atom stereocenters. The second-order valence-electron chi connectivity index (χ2n) is 4.61. The maximum Gasteiger partial charge on any atom is 0.164 e. The summed E-state index contributed by atoms with van der Waals surface area (Å²) in [7, 11) is 1.67. The van der Waals surface area contributed by atoms with Crippen LogP contribution in [-0.2, 0) is 9.53 Å². The van der Waals surface area contributed by atoms with Gasteiger partial charge in [0, 0.05) is 13.0 Å². The fourth-order valence-electron chi connectivity index (χ4n) is 2.31. The Labute approximate surface area is 87.0 Å². The third-order valence-corrected chi connectivity index (χ3v) is 3.18. The molecule has 1 aliphatic carbocycles. The van der Waals surface area contributed by atoms with E-state index in [0.717, 1.165) is 12.8 Å². The average molecular weight is 198 g/mol. The van der Waals surface area contributed by atoms with Crippen molar-refractivity contribution in [3.63, 3.8) is 0 Å². The first-order valence-corrected chi connectivity index (χ1v) is 5.73. The van der Waals surface area contributed by atoms with Gasteiger partial charge in [-0.05, 0) is 18.8 Å². The molecule has 2 heteroatoms. The second-order valence-corrected chi connectivity index (χ2v) is 4.61. The maximum absolute atomic E-state index is 11.8. The minimum absolute atomic E-state index is 0.0990. The SMILES string of the molecule is COC(C(=O)C(C)C)C1CCCCC1. The number of hydrogen-bond acceptors (Lipinski definition) is 2. The molecular formula is C12H22O2. The number of carbonyl (C=O) groups excluding carboxylic acids is 1. The molecule has 0 saturated heterocycles. The summed E-state index contributed by atoms with van der Waals surface area (Å²) in [5.41, 5.74) is 0. The number of rotatable bonds is 4. The Morgan fingerprint density at radius 2 is 1.79 bits per heavy atom. The second kappa shape index (κ2) is 5.50. The Morgan fingerprint density at radius 3 is 2.21 bits per heavy atom. The van der Waals surface area contributed by atoms with E-state index in [1.807, 2.05) is 13.8 Å². The smallest absolute Gasteiger partial charge is 0.164 e. The molecule has 0 aromatic rings. The third kappa shape index (κ3) is 2.81. The monoisotopic (exact) mass is 198 g/mol. The fourth-order valence-corrected chi connectivity index (χ4v) is 2.31. The summed E-state index contributed by atoms with van der Waals surface area (Å²) < 4.78 is 5.36. The molecule has 0 spiro atoms. The Bertz CT molecular complexity index is 181. The highest BCUT2D eigenvalue weighted by Gasteiger charge is 2.30. The molecule has 1 saturated carbocycles. The number of Topliss-reactive ketones (excluding diaryl/α,β-unsaturated/α-hetero) is 1. The zero-order valence-electron chi connectivity index (χ0n) is 9.58. The van der Waals surface area contributed by atoms with Gasteiger partial charge in [-0.15, -0.1) is 0 Å². The third-order valence-electron chi connectivity index (χ3n) is 3.18. The van der Waals surface area contributed by atoms with Gasteiger partial charge in [-0.25, -0.2) is 0 Å². The minimum Gasteiger partial charge on any atom is -0.373 e. The standard InChI is InChI=1S/C12H22O2/c1-9(2)11(13)12(14-3)10-7-5-4-6-8-10/h9-10,12H,4-8H2,1-3H3. The van der Waals surface area contributed by atoms with Gasteiger partial charge in [-0.1, -0.05) is 33.1 Å². The normalized spacial score (nSPS) is 21.1. The van der Waals surface area contributed by atoms with Gasteiger partial charge in [0.15, 0.2) is 5.78 Å². The summed E-state index contributed by atoms with van der Waals surface area (Å²) in [4.78, 5) is 11.8. The highest BCUT2D eigenvalue weighted by Crippen LogP contribution is 2.29. The van der Waals surface area contributed by atoms with Gasteiger partial charge in [0.1, 0.15) is 6.10 Å². The molecule has 1 atom stereocenters. The first-order valence-electron chi connectivity index (χ1n) is 5.73. The first kappa shape index (κ1) is 11.7. The first-order chi connectivity index (χ1) is 6.66. The molecule has 0 aliphatic heterocycles. The van der Waals surface area contributed by atoms with Gasteiger partial charge in [0.2, 0.25) is 0 Å². The van der Waals surface area contributed by atoms with Crippen molar-refractivity contribution in [1.29, 1.82) is 0 Å². The lowest BCUT2D eigenvalue weighted by molar-refractivity contribution is -0.135. The Balaban J connectivity index is 2.55. The molecule has 0 bridgehead atoms. The Kier molecular flexibility index (Phi) is 4.59. The summed E-state index contributed by atoms with van der Waals surface area (Å²) in [5.74, 6) is 0.852. The van der Waals surface area contributed by atoms with Gasteiger partial charge in [0.25, 0.3) is 0 Å². The molecule has 82 valence electrons. The van der Waals surface area contributed by atoms with Crippen LogP contribution in [0.4, 0.5) is 0 Å². The van der Waals surface area contributed by atoms with E-state index < -0.39 is 0 Å². The van der Waals surface area contributed by atoms with Gasteiger partial charge >= 0.3 is 0 Å². The van der Waals surface area contributed by atoms with Crippen molar-refractivity contribution < 1.29 is 9.53 Å². The van der Waals surface area contributed by atoms with E-state index in [0.29, 0.717) is 5.92 Å². The number of carbonyl (C=O) groups is 1. The van der Waals surface area contributed by atoms with Crippen LogP contribution in [-0.4, -0.2) is 19.0 Å². The largest absolute Gasteiger partial charge is 0.373 e. The van der Waals surface area contributed by atoms with E-state index in [1.165, 1.54) is 19.3 Å². The van der Waals surface area contributed by atoms with Crippen molar-refractivity contribution >= 4 is 5.78 Å². The summed E-state index contributed by atoms with van der Waals surface area (Å²) in [6.45, 7) is 3.91. The number of methoxy groups -OCH3 is 1. The highest BCUT2D eigenvalue weighted by molar-refractivity contribution is 5.85. The topological polar surface area (TPSA) is 26.3 Å². The molecule has 0 radical (unpaired) electrons. The van der Waals surface area contributed by atoms with Crippen LogP contribution >= 0.6 is 0 Å². The minimum atomic E-state index is -0.143. The molecule has 1 aliphatic rings. The lowest BCUT2D eigenvalue weighted by Gasteiger charge is -2.29. The van der Waals surface area contributed by atoms with Gasteiger partial charge in [0.05, 0.1) is 0 Å². The molecule has 1 rings (SSSR count). The van der Waals surface area contributed by atoms with Crippen molar-refractivity contribution in [3.05, 3.63) is 0 Å². The van der Waals surface area contributed by atoms with Gasteiger partial charge < -0.3 is 4.74 Å².